The molecule has 2 aromatic heterocycles. The summed E-state index contributed by atoms with van der Waals surface area (Å²) >= 11 is 3.42. The van der Waals surface area contributed by atoms with Gasteiger partial charge in [0, 0.05) is 5.69 Å². The molecule has 0 amide bonds. The van der Waals surface area contributed by atoms with Gasteiger partial charge >= 0.3 is 0 Å². The fourth-order valence-electron chi connectivity index (χ4n) is 1.44. The van der Waals surface area contributed by atoms with Crippen molar-refractivity contribution in [1.29, 1.82) is 0 Å². The molecule has 0 aliphatic rings. The Labute approximate surface area is 96.3 Å². The lowest BCUT2D eigenvalue weighted by Gasteiger charge is -2.05. The van der Waals surface area contributed by atoms with E-state index in [9.17, 15) is 0 Å². The van der Waals surface area contributed by atoms with Gasteiger partial charge in [-0.25, -0.2) is 9.67 Å². The SMILES string of the molecule is Cc1cc(C)n(-c2ncc(N)cc2Br)n1. The van der Waals surface area contributed by atoms with Crippen LogP contribution in [-0.4, -0.2) is 14.8 Å². The predicted octanol–water partition coefficient (Wildman–Crippen LogP) is 2.23. The van der Waals surface area contributed by atoms with Crippen LogP contribution in [0.1, 0.15) is 11.4 Å². The Kier molecular flexibility index (Phi) is 2.48. The minimum absolute atomic E-state index is 0.632. The third kappa shape index (κ3) is 1.87. The van der Waals surface area contributed by atoms with Gasteiger partial charge in [0.25, 0.3) is 0 Å². The van der Waals surface area contributed by atoms with Crippen molar-refractivity contribution in [3.63, 3.8) is 0 Å². The van der Waals surface area contributed by atoms with Gasteiger partial charge in [-0.1, -0.05) is 0 Å². The minimum Gasteiger partial charge on any atom is -0.397 e. The minimum atomic E-state index is 0.632. The summed E-state index contributed by atoms with van der Waals surface area (Å²) in [6, 6.07) is 3.82. The molecule has 0 spiro atoms. The number of nitrogen functional groups attached to an aromatic ring is 1. The van der Waals surface area contributed by atoms with Gasteiger partial charge in [-0.2, -0.15) is 5.10 Å². The van der Waals surface area contributed by atoms with Gasteiger partial charge in [0.2, 0.25) is 0 Å². The lowest BCUT2D eigenvalue weighted by Crippen LogP contribution is -2.03. The standard InChI is InChI=1S/C10H11BrN4/c1-6-3-7(2)15(14-6)10-9(11)4-8(12)5-13-10/h3-5H,12H2,1-2H3. The van der Waals surface area contributed by atoms with Crippen LogP contribution in [0.5, 0.6) is 0 Å². The highest BCUT2D eigenvalue weighted by molar-refractivity contribution is 9.10. The van der Waals surface area contributed by atoms with Crippen LogP contribution in [-0.2, 0) is 0 Å². The van der Waals surface area contributed by atoms with E-state index >= 15 is 0 Å². The van der Waals surface area contributed by atoms with Crippen LogP contribution >= 0.6 is 15.9 Å². The monoisotopic (exact) mass is 266 g/mol. The van der Waals surface area contributed by atoms with Crippen molar-refractivity contribution in [2.75, 3.05) is 5.73 Å². The van der Waals surface area contributed by atoms with E-state index in [1.54, 1.807) is 10.9 Å². The first-order valence-corrected chi connectivity index (χ1v) is 5.32. The largest absolute Gasteiger partial charge is 0.397 e. The third-order valence-corrected chi connectivity index (χ3v) is 2.64. The highest BCUT2D eigenvalue weighted by Gasteiger charge is 2.08. The Morgan fingerprint density at radius 1 is 1.33 bits per heavy atom. The van der Waals surface area contributed by atoms with Crippen LogP contribution in [0.25, 0.3) is 5.82 Å². The van der Waals surface area contributed by atoms with Crippen LogP contribution in [0.2, 0.25) is 0 Å². The summed E-state index contributed by atoms with van der Waals surface area (Å²) in [6.07, 6.45) is 1.62. The number of nitrogens with zero attached hydrogens (tertiary/aromatic N) is 3. The van der Waals surface area contributed by atoms with Crippen molar-refractivity contribution in [1.82, 2.24) is 14.8 Å². The molecule has 0 aliphatic carbocycles. The van der Waals surface area contributed by atoms with Crippen LogP contribution in [0.15, 0.2) is 22.8 Å². The number of rotatable bonds is 1. The van der Waals surface area contributed by atoms with Crippen molar-refractivity contribution in [2.45, 2.75) is 13.8 Å². The molecule has 15 heavy (non-hydrogen) atoms. The molecule has 2 rings (SSSR count). The predicted molar refractivity (Wildman–Crippen MR) is 62.9 cm³/mol. The van der Waals surface area contributed by atoms with E-state index < -0.39 is 0 Å². The van der Waals surface area contributed by atoms with Crippen molar-refractivity contribution >= 4 is 21.6 Å². The molecule has 2 N–H and O–H groups in total. The van der Waals surface area contributed by atoms with Gasteiger partial charge in [-0.3, -0.25) is 0 Å². The van der Waals surface area contributed by atoms with E-state index in [1.807, 2.05) is 26.0 Å². The number of aryl methyl sites for hydroxylation is 2. The fourth-order valence-corrected chi connectivity index (χ4v) is 1.98. The Hall–Kier alpha value is -1.36. The first-order chi connectivity index (χ1) is 7.08. The molecule has 0 unspecified atom stereocenters. The summed E-state index contributed by atoms with van der Waals surface area (Å²) in [5, 5.41) is 4.35. The quantitative estimate of drug-likeness (QED) is 0.861. The number of pyridine rings is 1. The zero-order valence-corrected chi connectivity index (χ0v) is 10.1. The van der Waals surface area contributed by atoms with E-state index in [1.165, 1.54) is 0 Å². The fraction of sp³-hybridized carbons (Fsp3) is 0.200. The Morgan fingerprint density at radius 2 is 2.07 bits per heavy atom. The van der Waals surface area contributed by atoms with Gasteiger partial charge in [0.15, 0.2) is 5.82 Å². The van der Waals surface area contributed by atoms with Crippen LogP contribution in [0, 0.1) is 13.8 Å². The van der Waals surface area contributed by atoms with Crippen LogP contribution < -0.4 is 5.73 Å². The third-order valence-electron chi connectivity index (χ3n) is 2.05. The average molecular weight is 267 g/mol. The van der Waals surface area contributed by atoms with E-state index in [4.69, 9.17) is 5.73 Å². The molecule has 0 fully saturated rings. The molecule has 0 aromatic carbocycles. The van der Waals surface area contributed by atoms with Crippen molar-refractivity contribution in [3.05, 3.63) is 34.2 Å². The second kappa shape index (κ2) is 3.66. The first kappa shape index (κ1) is 10.2. The van der Waals surface area contributed by atoms with E-state index in [0.29, 0.717) is 5.69 Å². The van der Waals surface area contributed by atoms with Gasteiger partial charge in [0.1, 0.15) is 0 Å². The normalized spacial score (nSPS) is 10.6. The molecule has 2 heterocycles. The zero-order valence-electron chi connectivity index (χ0n) is 8.53. The van der Waals surface area contributed by atoms with E-state index in [-0.39, 0.29) is 0 Å². The Morgan fingerprint density at radius 3 is 2.60 bits per heavy atom. The summed E-state index contributed by atoms with van der Waals surface area (Å²) in [6.45, 7) is 3.94. The number of halogens is 1. The summed E-state index contributed by atoms with van der Waals surface area (Å²) in [4.78, 5) is 4.25. The Bertz CT molecular complexity index is 504. The highest BCUT2D eigenvalue weighted by Crippen LogP contribution is 2.21. The van der Waals surface area contributed by atoms with E-state index in [0.717, 1.165) is 21.7 Å². The molecule has 0 atom stereocenters. The maximum atomic E-state index is 5.63. The summed E-state index contributed by atoms with van der Waals surface area (Å²) in [5.41, 5.74) is 8.28. The van der Waals surface area contributed by atoms with Crippen molar-refractivity contribution in [2.24, 2.45) is 0 Å². The smallest absolute Gasteiger partial charge is 0.168 e. The lowest BCUT2D eigenvalue weighted by atomic mass is 10.4. The number of hydrogen-bond acceptors (Lipinski definition) is 3. The zero-order chi connectivity index (χ0) is 11.0. The van der Waals surface area contributed by atoms with Crippen molar-refractivity contribution in [3.8, 4) is 5.82 Å². The number of aromatic nitrogens is 3. The van der Waals surface area contributed by atoms with E-state index in [2.05, 4.69) is 26.0 Å². The van der Waals surface area contributed by atoms with Crippen LogP contribution in [0.4, 0.5) is 5.69 Å². The maximum Gasteiger partial charge on any atom is 0.168 e. The summed E-state index contributed by atoms with van der Waals surface area (Å²) in [5.74, 6) is 0.759. The molecular weight excluding hydrogens is 256 g/mol. The molecule has 4 nitrogen and oxygen atoms in total. The lowest BCUT2D eigenvalue weighted by molar-refractivity contribution is 0.802. The molecular formula is C10H11BrN4. The summed E-state index contributed by atoms with van der Waals surface area (Å²) < 4.78 is 2.63. The Balaban J connectivity index is 2.59. The molecule has 0 saturated heterocycles. The molecule has 0 bridgehead atoms. The highest BCUT2D eigenvalue weighted by atomic mass is 79.9. The molecule has 0 aliphatic heterocycles. The number of hydrogen-bond donors (Lipinski definition) is 1. The molecule has 0 saturated carbocycles. The van der Waals surface area contributed by atoms with Crippen molar-refractivity contribution < 1.29 is 0 Å². The maximum absolute atomic E-state index is 5.63. The van der Waals surface area contributed by atoms with Gasteiger partial charge in [0.05, 0.1) is 22.1 Å². The second-order valence-corrected chi connectivity index (χ2v) is 4.27. The molecule has 2 aromatic rings. The van der Waals surface area contributed by atoms with Gasteiger partial charge in [-0.15, -0.1) is 0 Å². The number of anilines is 1. The number of nitrogens with two attached hydrogens (primary N) is 1. The molecule has 78 valence electrons. The first-order valence-electron chi connectivity index (χ1n) is 4.52. The second-order valence-electron chi connectivity index (χ2n) is 3.41. The topological polar surface area (TPSA) is 56.7 Å². The summed E-state index contributed by atoms with van der Waals surface area (Å²) in [7, 11) is 0. The van der Waals surface area contributed by atoms with Crippen LogP contribution in [0.3, 0.4) is 0 Å². The average Bonchev–Trinajstić information content (AvgIpc) is 2.45. The molecule has 5 heteroatoms. The molecule has 0 radical (unpaired) electrons. The van der Waals surface area contributed by atoms with Gasteiger partial charge in [-0.05, 0) is 41.9 Å². The van der Waals surface area contributed by atoms with Gasteiger partial charge < -0.3 is 5.73 Å².